The van der Waals surface area contributed by atoms with Crippen LogP contribution in [0.1, 0.15) is 30.8 Å². The maximum absolute atomic E-state index is 12.6. The molecule has 0 atom stereocenters. The van der Waals surface area contributed by atoms with E-state index in [0.29, 0.717) is 11.6 Å². The van der Waals surface area contributed by atoms with Gasteiger partial charge in [0.1, 0.15) is 11.5 Å². The van der Waals surface area contributed by atoms with Crippen LogP contribution in [0.15, 0.2) is 40.8 Å². The lowest BCUT2D eigenvalue weighted by molar-refractivity contribution is 0.137. The van der Waals surface area contributed by atoms with Crippen LogP contribution in [0.5, 0.6) is 0 Å². The maximum atomic E-state index is 12.6. The molecule has 0 saturated heterocycles. The van der Waals surface area contributed by atoms with Gasteiger partial charge in [-0.2, -0.15) is 0 Å². The third-order valence-corrected chi connectivity index (χ3v) is 4.25. The van der Waals surface area contributed by atoms with Crippen LogP contribution in [0.4, 0.5) is 10.5 Å². The van der Waals surface area contributed by atoms with E-state index in [2.05, 4.69) is 5.32 Å². The van der Waals surface area contributed by atoms with Gasteiger partial charge in [0.2, 0.25) is 0 Å². The van der Waals surface area contributed by atoms with Crippen LogP contribution in [-0.4, -0.2) is 17.0 Å². The highest BCUT2D eigenvalue weighted by Gasteiger charge is 2.29. The van der Waals surface area contributed by atoms with Gasteiger partial charge < -0.3 is 14.6 Å². The van der Waals surface area contributed by atoms with Crippen molar-refractivity contribution in [3.8, 4) is 0 Å². The monoisotopic (exact) mass is 318 g/mol. The third-order valence-electron chi connectivity index (χ3n) is 3.99. The van der Waals surface area contributed by atoms with Gasteiger partial charge in [-0.1, -0.05) is 11.6 Å². The number of halogens is 1. The van der Waals surface area contributed by atoms with Crippen molar-refractivity contribution in [1.29, 1.82) is 0 Å². The van der Waals surface area contributed by atoms with E-state index in [1.165, 1.54) is 6.42 Å². The minimum absolute atomic E-state index is 0.0962. The lowest BCUT2D eigenvalue weighted by Gasteiger charge is -2.37. The molecule has 22 heavy (non-hydrogen) atoms. The van der Waals surface area contributed by atoms with Crippen LogP contribution < -0.4 is 5.32 Å². The molecule has 0 spiro atoms. The normalized spacial score (nSPS) is 14.5. The molecule has 1 N–H and O–H groups in total. The molecule has 2 aromatic rings. The molecule has 1 heterocycles. The molecule has 3 rings (SSSR count). The van der Waals surface area contributed by atoms with Crippen LogP contribution in [0.25, 0.3) is 0 Å². The van der Waals surface area contributed by atoms with Gasteiger partial charge >= 0.3 is 6.03 Å². The van der Waals surface area contributed by atoms with E-state index in [0.717, 1.165) is 30.0 Å². The first-order chi connectivity index (χ1) is 10.6. The second kappa shape index (κ2) is 6.44. The summed E-state index contributed by atoms with van der Waals surface area (Å²) in [6, 6.07) is 11.2. The van der Waals surface area contributed by atoms with Crippen molar-refractivity contribution in [3.63, 3.8) is 0 Å². The fourth-order valence-electron chi connectivity index (χ4n) is 2.53. The van der Waals surface area contributed by atoms with E-state index in [-0.39, 0.29) is 12.1 Å². The first-order valence-electron chi connectivity index (χ1n) is 7.50. The number of furan rings is 1. The first kappa shape index (κ1) is 15.0. The molecule has 5 heteroatoms. The zero-order valence-electron chi connectivity index (χ0n) is 12.5. The minimum atomic E-state index is -0.0962. The van der Waals surface area contributed by atoms with Crippen LogP contribution in [0, 0.1) is 6.92 Å². The summed E-state index contributed by atoms with van der Waals surface area (Å²) in [5.74, 6) is 1.68. The number of benzene rings is 1. The Labute approximate surface area is 135 Å². The largest absolute Gasteiger partial charge is 0.464 e. The Balaban J connectivity index is 1.70. The second-order valence-electron chi connectivity index (χ2n) is 5.66. The summed E-state index contributed by atoms with van der Waals surface area (Å²) in [6.07, 6.45) is 3.27. The predicted molar refractivity (Wildman–Crippen MR) is 87.1 cm³/mol. The van der Waals surface area contributed by atoms with Gasteiger partial charge in [0.15, 0.2) is 0 Å². The molecule has 116 valence electrons. The van der Waals surface area contributed by atoms with Crippen LogP contribution in [0.3, 0.4) is 0 Å². The van der Waals surface area contributed by atoms with Gasteiger partial charge in [0.05, 0.1) is 6.54 Å². The third kappa shape index (κ3) is 3.45. The average Bonchev–Trinajstić information content (AvgIpc) is 2.84. The number of nitrogens with one attached hydrogen (secondary N) is 1. The maximum Gasteiger partial charge on any atom is 0.322 e. The molecule has 1 aliphatic rings. The van der Waals surface area contributed by atoms with E-state index < -0.39 is 0 Å². The zero-order chi connectivity index (χ0) is 15.5. The Hall–Kier alpha value is -1.94. The van der Waals surface area contributed by atoms with E-state index in [9.17, 15) is 4.79 Å². The van der Waals surface area contributed by atoms with Crippen molar-refractivity contribution >= 4 is 23.3 Å². The molecule has 0 bridgehead atoms. The number of carbonyl (C=O) groups is 1. The summed E-state index contributed by atoms with van der Waals surface area (Å²) in [4.78, 5) is 14.4. The summed E-state index contributed by atoms with van der Waals surface area (Å²) in [5, 5.41) is 3.58. The Morgan fingerprint density at radius 2 is 2.00 bits per heavy atom. The lowest BCUT2D eigenvalue weighted by Crippen LogP contribution is -2.45. The first-order valence-corrected chi connectivity index (χ1v) is 7.88. The molecule has 1 aliphatic carbocycles. The van der Waals surface area contributed by atoms with Crippen LogP contribution in [-0.2, 0) is 6.54 Å². The topological polar surface area (TPSA) is 45.5 Å². The molecule has 0 aliphatic heterocycles. The van der Waals surface area contributed by atoms with Gasteiger partial charge in [-0.05, 0) is 62.6 Å². The minimum Gasteiger partial charge on any atom is -0.464 e. The number of nitrogens with zero attached hydrogens (tertiary/aromatic N) is 1. The Morgan fingerprint density at radius 1 is 1.27 bits per heavy atom. The van der Waals surface area contributed by atoms with Crippen molar-refractivity contribution in [2.45, 2.75) is 38.8 Å². The van der Waals surface area contributed by atoms with Gasteiger partial charge in [-0.15, -0.1) is 0 Å². The number of carbonyl (C=O) groups excluding carboxylic acids is 1. The summed E-state index contributed by atoms with van der Waals surface area (Å²) < 4.78 is 5.61. The zero-order valence-corrected chi connectivity index (χ0v) is 13.3. The molecule has 2 amide bonds. The highest BCUT2D eigenvalue weighted by molar-refractivity contribution is 6.30. The standard InChI is InChI=1S/C17H19ClN2O2/c1-12-5-10-16(22-12)11-20(15-3-2-4-15)17(21)19-14-8-6-13(18)7-9-14/h5-10,15H,2-4,11H2,1H3,(H,19,21). The molecule has 1 saturated carbocycles. The van der Waals surface area contributed by atoms with E-state index in [4.69, 9.17) is 16.0 Å². The number of hydrogen-bond donors (Lipinski definition) is 1. The number of anilines is 1. The molecule has 4 nitrogen and oxygen atoms in total. The highest BCUT2D eigenvalue weighted by atomic mass is 35.5. The molecule has 1 fully saturated rings. The van der Waals surface area contributed by atoms with Gasteiger partial charge in [-0.3, -0.25) is 0 Å². The van der Waals surface area contributed by atoms with Crippen molar-refractivity contribution < 1.29 is 9.21 Å². The molecule has 1 aromatic heterocycles. The smallest absolute Gasteiger partial charge is 0.322 e. The highest BCUT2D eigenvalue weighted by Crippen LogP contribution is 2.27. The van der Waals surface area contributed by atoms with Crippen molar-refractivity contribution in [2.75, 3.05) is 5.32 Å². The van der Waals surface area contributed by atoms with Crippen LogP contribution >= 0.6 is 11.6 Å². The fraction of sp³-hybridized carbons (Fsp3) is 0.353. The fourth-order valence-corrected chi connectivity index (χ4v) is 2.66. The quantitative estimate of drug-likeness (QED) is 0.877. The molecule has 0 radical (unpaired) electrons. The molecule has 0 unspecified atom stereocenters. The molecular formula is C17H19ClN2O2. The summed E-state index contributed by atoms with van der Waals surface area (Å²) >= 11 is 5.87. The van der Waals surface area contributed by atoms with Gasteiger partial charge in [-0.25, -0.2) is 4.79 Å². The number of hydrogen-bond acceptors (Lipinski definition) is 2. The number of amides is 2. The summed E-state index contributed by atoms with van der Waals surface area (Å²) in [6.45, 7) is 2.41. The van der Waals surface area contributed by atoms with Crippen molar-refractivity contribution in [3.05, 3.63) is 52.9 Å². The van der Waals surface area contributed by atoms with E-state index >= 15 is 0 Å². The Bertz CT molecular complexity index is 647. The van der Waals surface area contributed by atoms with Gasteiger partial charge in [0, 0.05) is 16.8 Å². The summed E-state index contributed by atoms with van der Waals surface area (Å²) in [5.41, 5.74) is 0.745. The molecule has 1 aromatic carbocycles. The lowest BCUT2D eigenvalue weighted by atomic mass is 9.91. The van der Waals surface area contributed by atoms with Crippen molar-refractivity contribution in [1.82, 2.24) is 4.90 Å². The average molecular weight is 319 g/mol. The van der Waals surface area contributed by atoms with Crippen LogP contribution in [0.2, 0.25) is 5.02 Å². The second-order valence-corrected chi connectivity index (χ2v) is 6.10. The Kier molecular flexibility index (Phi) is 4.39. The van der Waals surface area contributed by atoms with Crippen molar-refractivity contribution in [2.24, 2.45) is 0 Å². The predicted octanol–water partition coefficient (Wildman–Crippen LogP) is 4.83. The molecular weight excluding hydrogens is 300 g/mol. The number of aryl methyl sites for hydroxylation is 1. The van der Waals surface area contributed by atoms with E-state index in [1.807, 2.05) is 24.0 Å². The van der Waals surface area contributed by atoms with E-state index in [1.54, 1.807) is 24.3 Å². The number of urea groups is 1. The number of rotatable bonds is 4. The summed E-state index contributed by atoms with van der Waals surface area (Å²) in [7, 11) is 0. The Morgan fingerprint density at radius 3 is 2.55 bits per heavy atom. The SMILES string of the molecule is Cc1ccc(CN(C(=O)Nc2ccc(Cl)cc2)C2CCC2)o1. The van der Waals surface area contributed by atoms with Gasteiger partial charge in [0.25, 0.3) is 0 Å².